The molecule has 0 spiro atoms. The predicted molar refractivity (Wildman–Crippen MR) is 74.6 cm³/mol. The summed E-state index contributed by atoms with van der Waals surface area (Å²) in [5.74, 6) is 0. The van der Waals surface area contributed by atoms with Crippen molar-refractivity contribution in [3.63, 3.8) is 0 Å². The Balaban J connectivity index is -0.000000151. The Morgan fingerprint density at radius 2 is 0.962 bits per heavy atom. The van der Waals surface area contributed by atoms with Gasteiger partial charge in [0.1, 0.15) is 12.7 Å². The molecule has 8 nitrogen and oxygen atoms in total. The molecule has 0 saturated heterocycles. The maximum absolute atomic E-state index is 4.89. The summed E-state index contributed by atoms with van der Waals surface area (Å²) < 4.78 is 0. The van der Waals surface area contributed by atoms with Crippen LogP contribution in [0.5, 0.6) is 0 Å². The summed E-state index contributed by atoms with van der Waals surface area (Å²) in [7, 11) is 0. The quantitative estimate of drug-likeness (QED) is 0.109. The monoisotopic (exact) mass is 660 g/mol. The Bertz CT molecular complexity index is 810. The number of imidazole rings is 2. The molecule has 0 aliphatic carbocycles. The predicted octanol–water partition coefficient (Wildman–Crippen LogP) is -14.5. The normalized spacial score (nSPS) is 8.00. The Labute approximate surface area is 220 Å². The molecule has 4 heterocycles. The summed E-state index contributed by atoms with van der Waals surface area (Å²) >= 11 is 9.77. The van der Waals surface area contributed by atoms with Crippen LogP contribution in [-0.4, -0.2) is 39.9 Å². The molecule has 4 rings (SSSR count). The molecule has 0 atom stereocenters. The second-order valence-corrected chi connectivity index (χ2v) is 4.33. The van der Waals surface area contributed by atoms with Gasteiger partial charge in [-0.1, -0.05) is 10.1 Å². The van der Waals surface area contributed by atoms with Gasteiger partial charge in [-0.25, -0.2) is 19.9 Å². The minimum Gasteiger partial charge on any atom is -1.00 e. The SMILES string of the molecule is [Cl-].[Cl-].[Cl-].[Cl-].[Na+].[Pt].[S-]c1ncnc2nc[nH]c12.[S-]c1ncnc2nc[nH]c12. The van der Waals surface area contributed by atoms with Crippen LogP contribution in [0.2, 0.25) is 0 Å². The number of hydrogen-bond donors (Lipinski definition) is 2. The molecule has 0 fully saturated rings. The number of nitrogens with zero attached hydrogens (tertiary/aromatic N) is 6. The first kappa shape index (κ1) is 33.9. The topological polar surface area (TPSA) is 109 Å². The maximum atomic E-state index is 4.89. The summed E-state index contributed by atoms with van der Waals surface area (Å²) in [6, 6.07) is 0. The van der Waals surface area contributed by atoms with E-state index in [4.69, 9.17) is 25.3 Å². The third kappa shape index (κ3) is 8.18. The summed E-state index contributed by atoms with van der Waals surface area (Å²) in [6.45, 7) is 0. The molecule has 0 aliphatic heterocycles. The van der Waals surface area contributed by atoms with Gasteiger partial charge in [-0.2, -0.15) is 0 Å². The number of hydrogen-bond acceptors (Lipinski definition) is 8. The van der Waals surface area contributed by atoms with E-state index in [-0.39, 0.29) is 100 Å². The summed E-state index contributed by atoms with van der Waals surface area (Å²) in [4.78, 5) is 28.9. The molecule has 0 bridgehead atoms. The van der Waals surface area contributed by atoms with Crippen LogP contribution in [0, 0.1) is 0 Å². The van der Waals surface area contributed by atoms with Crippen molar-refractivity contribution in [3.8, 4) is 0 Å². The molecule has 16 heteroatoms. The fourth-order valence-electron chi connectivity index (χ4n) is 1.49. The Hall–Kier alpha value is 0.388. The summed E-state index contributed by atoms with van der Waals surface area (Å²) in [5.41, 5.74) is 2.72. The summed E-state index contributed by atoms with van der Waals surface area (Å²) in [6.07, 6.45) is 5.92. The van der Waals surface area contributed by atoms with E-state index in [9.17, 15) is 0 Å². The van der Waals surface area contributed by atoms with Gasteiger partial charge in [0.15, 0.2) is 11.3 Å². The number of rotatable bonds is 0. The second kappa shape index (κ2) is 16.4. The number of halogens is 4. The fraction of sp³-hybridized carbons (Fsp3) is 0. The average Bonchev–Trinajstić information content (AvgIpc) is 3.08. The van der Waals surface area contributed by atoms with Crippen LogP contribution in [0.3, 0.4) is 0 Å². The Kier molecular flexibility index (Phi) is 21.3. The van der Waals surface area contributed by atoms with Crippen molar-refractivity contribution in [2.75, 3.05) is 0 Å². The van der Waals surface area contributed by atoms with E-state index in [2.05, 4.69) is 39.9 Å². The van der Waals surface area contributed by atoms with E-state index in [0.29, 0.717) is 21.3 Å². The van der Waals surface area contributed by atoms with Gasteiger partial charge in [-0.3, -0.25) is 9.97 Å². The van der Waals surface area contributed by atoms with Crippen molar-refractivity contribution in [2.45, 2.75) is 10.1 Å². The fourth-order valence-corrected chi connectivity index (χ4v) is 1.88. The minimum absolute atomic E-state index is 0. The van der Waals surface area contributed by atoms with Crippen molar-refractivity contribution in [3.05, 3.63) is 25.3 Å². The zero-order chi connectivity index (χ0) is 13.9. The van der Waals surface area contributed by atoms with Gasteiger partial charge < -0.3 is 84.9 Å². The maximum Gasteiger partial charge on any atom is 1.00 e. The Morgan fingerprint density at radius 3 is 1.27 bits per heavy atom. The molecule has 0 unspecified atom stereocenters. The minimum atomic E-state index is 0. The Morgan fingerprint density at radius 1 is 0.615 bits per heavy atom. The second-order valence-electron chi connectivity index (χ2n) is 3.56. The van der Waals surface area contributed by atoms with Gasteiger partial charge in [0.2, 0.25) is 0 Å². The standard InChI is InChI=1S/2C5H4N4S.4ClH.Na.Pt/c2*10-5-3-4(7-1-6-3)8-2-9-5;;;;;;/h2*1-2H,(H2,6,7,8,9,10);4*1H;;/q;;;;;;+1;/p-6. The molecule has 2 N–H and O–H groups in total. The van der Waals surface area contributed by atoms with Crippen LogP contribution in [0.15, 0.2) is 35.4 Å². The van der Waals surface area contributed by atoms with Crippen LogP contribution in [0.4, 0.5) is 0 Å². The molecule has 0 aromatic carbocycles. The van der Waals surface area contributed by atoms with E-state index in [1.165, 1.54) is 12.7 Å². The number of H-pyrrole nitrogens is 2. The van der Waals surface area contributed by atoms with Crippen molar-refractivity contribution in [1.82, 2.24) is 39.9 Å². The van der Waals surface area contributed by atoms with Crippen LogP contribution in [-0.2, 0) is 46.3 Å². The average molecular weight is 662 g/mol. The molecule has 0 amide bonds. The van der Waals surface area contributed by atoms with Gasteiger partial charge in [0, 0.05) is 21.1 Å². The first-order chi connectivity index (χ1) is 9.75. The van der Waals surface area contributed by atoms with E-state index in [0.717, 1.165) is 11.0 Å². The first-order valence-electron chi connectivity index (χ1n) is 5.38. The van der Waals surface area contributed by atoms with Crippen molar-refractivity contribution in [2.24, 2.45) is 0 Å². The zero-order valence-corrected chi connectivity index (χ0v) is 21.6. The van der Waals surface area contributed by atoms with Crippen LogP contribution in [0.25, 0.3) is 22.3 Å². The number of aromatic amines is 2. The molecule has 4 aromatic rings. The van der Waals surface area contributed by atoms with Gasteiger partial charge in [-0.05, 0) is 0 Å². The third-order valence-corrected chi connectivity index (χ3v) is 3.00. The van der Waals surface area contributed by atoms with Crippen molar-refractivity contribution >= 4 is 47.6 Å². The van der Waals surface area contributed by atoms with E-state index in [1.54, 1.807) is 12.7 Å². The van der Waals surface area contributed by atoms with E-state index in [1.807, 2.05) is 0 Å². The summed E-state index contributed by atoms with van der Waals surface area (Å²) in [5, 5.41) is 1.03. The number of nitrogens with one attached hydrogen (secondary N) is 2. The van der Waals surface area contributed by atoms with Crippen molar-refractivity contribution < 1.29 is 100 Å². The molecular formula is C10H6Cl4N8NaPtS2-5. The van der Waals surface area contributed by atoms with Gasteiger partial charge in [0.25, 0.3) is 0 Å². The smallest absolute Gasteiger partial charge is 1.00 e. The van der Waals surface area contributed by atoms with E-state index < -0.39 is 0 Å². The molecule has 0 aliphatic rings. The zero-order valence-electron chi connectivity index (χ0n) is 12.6. The largest absolute Gasteiger partial charge is 1.00 e. The molecule has 142 valence electrons. The van der Waals surface area contributed by atoms with E-state index >= 15 is 0 Å². The molecule has 0 saturated carbocycles. The van der Waals surface area contributed by atoms with Crippen LogP contribution < -0.4 is 79.2 Å². The van der Waals surface area contributed by atoms with Crippen molar-refractivity contribution in [1.29, 1.82) is 0 Å². The van der Waals surface area contributed by atoms with Gasteiger partial charge in [-0.15, -0.1) is 0 Å². The molecular weight excluding hydrogens is 656 g/mol. The third-order valence-electron chi connectivity index (χ3n) is 2.38. The molecule has 26 heavy (non-hydrogen) atoms. The van der Waals surface area contributed by atoms with Gasteiger partial charge in [0.05, 0.1) is 23.7 Å². The molecule has 4 aromatic heterocycles. The number of aromatic nitrogens is 8. The number of fused-ring (bicyclic) bond motifs is 2. The van der Waals surface area contributed by atoms with Crippen LogP contribution in [0.1, 0.15) is 0 Å². The van der Waals surface area contributed by atoms with Gasteiger partial charge >= 0.3 is 29.6 Å². The van der Waals surface area contributed by atoms with Crippen LogP contribution >= 0.6 is 0 Å². The first-order valence-corrected chi connectivity index (χ1v) is 6.19. The molecule has 0 radical (unpaired) electrons.